The number of nitrogens with one attached hydrogen (secondary N) is 1. The quantitative estimate of drug-likeness (QED) is 0.590. The molecule has 1 spiro atoms. The highest BCUT2D eigenvalue weighted by Gasteiger charge is 2.74. The zero-order valence-electron chi connectivity index (χ0n) is 17.2. The average Bonchev–Trinajstić information content (AvgIpc) is 3.35. The van der Waals surface area contributed by atoms with Gasteiger partial charge in [-0.15, -0.1) is 0 Å². The van der Waals surface area contributed by atoms with Crippen molar-refractivity contribution in [3.05, 3.63) is 64.4 Å². The van der Waals surface area contributed by atoms with Crippen molar-refractivity contribution in [2.45, 2.75) is 31.0 Å². The second kappa shape index (κ2) is 7.64. The Bertz CT molecular complexity index is 1200. The van der Waals surface area contributed by atoms with Gasteiger partial charge in [-0.05, 0) is 36.2 Å². The molecule has 2 saturated heterocycles. The normalized spacial score (nSPS) is 27.8. The third kappa shape index (κ3) is 3.14. The van der Waals surface area contributed by atoms with Gasteiger partial charge in [0, 0.05) is 18.0 Å². The molecule has 8 nitrogen and oxygen atoms in total. The van der Waals surface area contributed by atoms with Gasteiger partial charge in [0.1, 0.15) is 23.7 Å². The number of anilines is 1. The second-order valence-electron chi connectivity index (χ2n) is 8.62. The number of amides is 3. The van der Waals surface area contributed by atoms with Crippen molar-refractivity contribution in [3.63, 3.8) is 0 Å². The Kier molecular flexibility index (Phi) is 4.98. The maximum atomic E-state index is 13.6. The molecule has 3 aliphatic rings. The van der Waals surface area contributed by atoms with E-state index in [9.17, 15) is 28.7 Å². The molecular formula is C23H19ClFN3O5. The van der Waals surface area contributed by atoms with Crippen LogP contribution in [0.2, 0.25) is 5.02 Å². The van der Waals surface area contributed by atoms with Crippen LogP contribution in [0.5, 0.6) is 0 Å². The number of imide groups is 1. The molecule has 2 fully saturated rings. The van der Waals surface area contributed by atoms with Crippen LogP contribution in [0.15, 0.2) is 42.5 Å². The highest BCUT2D eigenvalue weighted by Crippen LogP contribution is 2.51. The SMILES string of the molecule is O=C([O-])CC[C@@H]1[NH2+][C@@]2(C(=O)Nc3c(Cl)cccc32)[C@@H]2C(=O)N(Cc3ccc(F)cc3)C(=O)[C@H]12. The van der Waals surface area contributed by atoms with Gasteiger partial charge < -0.3 is 20.5 Å². The van der Waals surface area contributed by atoms with E-state index in [1.807, 2.05) is 0 Å². The number of rotatable bonds is 5. The second-order valence-corrected chi connectivity index (χ2v) is 9.03. The lowest BCUT2D eigenvalue weighted by Gasteiger charge is -2.26. The van der Waals surface area contributed by atoms with E-state index in [-0.39, 0.29) is 19.4 Å². The molecular weight excluding hydrogens is 453 g/mol. The molecule has 0 saturated carbocycles. The number of aliphatic carboxylic acids is 1. The number of hydrogen-bond donors (Lipinski definition) is 2. The van der Waals surface area contributed by atoms with Gasteiger partial charge in [-0.1, -0.05) is 29.8 Å². The summed E-state index contributed by atoms with van der Waals surface area (Å²) in [6, 6.07) is 9.78. The van der Waals surface area contributed by atoms with E-state index in [0.29, 0.717) is 21.8 Å². The molecule has 3 amide bonds. The summed E-state index contributed by atoms with van der Waals surface area (Å²) in [5.74, 6) is -5.12. The summed E-state index contributed by atoms with van der Waals surface area (Å²) in [4.78, 5) is 52.6. The monoisotopic (exact) mass is 471 g/mol. The smallest absolute Gasteiger partial charge is 0.291 e. The van der Waals surface area contributed by atoms with Crippen LogP contribution in [0.4, 0.5) is 10.1 Å². The van der Waals surface area contributed by atoms with E-state index in [4.69, 9.17) is 11.6 Å². The van der Waals surface area contributed by atoms with E-state index in [0.717, 1.165) is 4.90 Å². The minimum atomic E-state index is -1.44. The largest absolute Gasteiger partial charge is 0.550 e. The van der Waals surface area contributed by atoms with E-state index in [1.165, 1.54) is 24.3 Å². The van der Waals surface area contributed by atoms with Crippen molar-refractivity contribution >= 4 is 41.0 Å². The van der Waals surface area contributed by atoms with E-state index < -0.39 is 52.9 Å². The Morgan fingerprint density at radius 1 is 1.15 bits per heavy atom. The fourth-order valence-corrected chi connectivity index (χ4v) is 5.71. The molecule has 4 atom stereocenters. The molecule has 33 heavy (non-hydrogen) atoms. The van der Waals surface area contributed by atoms with Crippen LogP contribution in [0.25, 0.3) is 0 Å². The Morgan fingerprint density at radius 2 is 1.88 bits per heavy atom. The van der Waals surface area contributed by atoms with Gasteiger partial charge in [-0.2, -0.15) is 0 Å². The Morgan fingerprint density at radius 3 is 2.58 bits per heavy atom. The number of carbonyl (C=O) groups excluding carboxylic acids is 4. The average molecular weight is 472 g/mol. The number of benzene rings is 2. The minimum absolute atomic E-state index is 0.0534. The fraction of sp³-hybridized carbons (Fsp3) is 0.304. The standard InChI is InChI=1S/C23H19ClFN3O5/c24-14-3-1-2-13-19(14)26-22(33)23(13)18-17(15(27-23)8-9-16(29)30)20(31)28(21(18)32)10-11-4-6-12(25)7-5-11/h1-7,15,17-18,27H,8-10H2,(H,26,33)(H,29,30)/t15-,17+,18-,23+/m0/s1. The van der Waals surface area contributed by atoms with E-state index in [2.05, 4.69) is 5.32 Å². The van der Waals surface area contributed by atoms with Gasteiger partial charge in [0.25, 0.3) is 5.91 Å². The molecule has 2 aromatic carbocycles. The first kappa shape index (κ1) is 21.5. The lowest BCUT2D eigenvalue weighted by Crippen LogP contribution is -2.99. The first-order valence-electron chi connectivity index (χ1n) is 10.5. The number of fused-ring (bicyclic) bond motifs is 4. The summed E-state index contributed by atoms with van der Waals surface area (Å²) < 4.78 is 13.3. The van der Waals surface area contributed by atoms with Gasteiger partial charge in [0.15, 0.2) is 0 Å². The van der Waals surface area contributed by atoms with Gasteiger partial charge in [-0.25, -0.2) is 4.39 Å². The fourth-order valence-electron chi connectivity index (χ4n) is 5.49. The predicted molar refractivity (Wildman–Crippen MR) is 111 cm³/mol. The Labute approximate surface area is 192 Å². The first-order valence-corrected chi connectivity index (χ1v) is 10.9. The molecule has 0 unspecified atom stereocenters. The lowest BCUT2D eigenvalue weighted by molar-refractivity contribution is -0.734. The highest BCUT2D eigenvalue weighted by molar-refractivity contribution is 6.35. The maximum absolute atomic E-state index is 13.6. The van der Waals surface area contributed by atoms with Crippen LogP contribution in [-0.4, -0.2) is 34.6 Å². The molecule has 3 N–H and O–H groups in total. The van der Waals surface area contributed by atoms with Crippen LogP contribution in [0, 0.1) is 17.7 Å². The van der Waals surface area contributed by atoms with Crippen molar-refractivity contribution in [2.24, 2.45) is 11.8 Å². The van der Waals surface area contributed by atoms with Gasteiger partial charge in [0.2, 0.25) is 17.4 Å². The van der Waals surface area contributed by atoms with E-state index in [1.54, 1.807) is 23.5 Å². The molecule has 2 aromatic rings. The van der Waals surface area contributed by atoms with Crippen molar-refractivity contribution in [3.8, 4) is 0 Å². The molecule has 3 heterocycles. The number of likely N-dealkylation sites (tertiary alicyclic amines) is 1. The third-order valence-corrected chi connectivity index (χ3v) is 7.20. The summed E-state index contributed by atoms with van der Waals surface area (Å²) >= 11 is 6.28. The number of nitrogens with zero attached hydrogens (tertiary/aromatic N) is 1. The van der Waals surface area contributed by atoms with Crippen molar-refractivity contribution in [1.29, 1.82) is 0 Å². The number of quaternary nitrogens is 1. The topological polar surface area (TPSA) is 123 Å². The zero-order valence-corrected chi connectivity index (χ0v) is 18.0. The summed E-state index contributed by atoms with van der Waals surface area (Å²) in [6.07, 6.45) is -0.262. The number of para-hydroxylation sites is 1. The zero-order chi connectivity index (χ0) is 23.5. The van der Waals surface area contributed by atoms with Gasteiger partial charge >= 0.3 is 0 Å². The van der Waals surface area contributed by atoms with E-state index >= 15 is 0 Å². The molecule has 170 valence electrons. The summed E-state index contributed by atoms with van der Waals surface area (Å²) in [5, 5.41) is 15.8. The molecule has 5 rings (SSSR count). The summed E-state index contributed by atoms with van der Waals surface area (Å²) in [6.45, 7) is -0.0712. The molecule has 10 heteroatoms. The minimum Gasteiger partial charge on any atom is -0.550 e. The molecule has 0 aromatic heterocycles. The van der Waals surface area contributed by atoms with Crippen molar-refractivity contribution < 1.29 is 34.0 Å². The summed E-state index contributed by atoms with van der Waals surface area (Å²) in [5.41, 5.74) is 0.000548. The lowest BCUT2D eigenvalue weighted by atomic mass is 9.76. The first-order chi connectivity index (χ1) is 15.7. The number of carbonyl (C=O) groups is 4. The number of carboxylic acids is 1. The van der Waals surface area contributed by atoms with Crippen LogP contribution < -0.4 is 15.7 Å². The predicted octanol–water partition coefficient (Wildman–Crippen LogP) is -0.0964. The molecule has 0 bridgehead atoms. The Balaban J connectivity index is 1.58. The van der Waals surface area contributed by atoms with Crippen LogP contribution in [-0.2, 0) is 31.3 Å². The van der Waals surface area contributed by atoms with Crippen LogP contribution in [0.1, 0.15) is 24.0 Å². The number of hydrogen-bond acceptors (Lipinski definition) is 5. The molecule has 3 aliphatic heterocycles. The third-order valence-electron chi connectivity index (χ3n) is 6.88. The van der Waals surface area contributed by atoms with Crippen molar-refractivity contribution in [1.82, 2.24) is 4.90 Å². The van der Waals surface area contributed by atoms with Crippen molar-refractivity contribution in [2.75, 3.05) is 5.32 Å². The number of halogens is 2. The molecule has 0 radical (unpaired) electrons. The molecule has 0 aliphatic carbocycles. The number of nitrogens with two attached hydrogens (primary N) is 1. The maximum Gasteiger partial charge on any atom is 0.291 e. The van der Waals surface area contributed by atoms with Gasteiger partial charge in [0.05, 0.1) is 17.3 Å². The van der Waals surface area contributed by atoms with Gasteiger partial charge in [-0.3, -0.25) is 19.3 Å². The Hall–Kier alpha value is -3.30. The highest BCUT2D eigenvalue weighted by atomic mass is 35.5. The summed E-state index contributed by atoms with van der Waals surface area (Å²) in [7, 11) is 0. The van der Waals surface area contributed by atoms with Crippen LogP contribution in [0.3, 0.4) is 0 Å². The number of carboxylic acid groups (broad SMARTS) is 1. The van der Waals surface area contributed by atoms with Crippen LogP contribution >= 0.6 is 11.6 Å².